The van der Waals surface area contributed by atoms with E-state index in [1.54, 1.807) is 62.6 Å². The predicted molar refractivity (Wildman–Crippen MR) is 142 cm³/mol. The Kier molecular flexibility index (Phi) is 7.92. The first-order chi connectivity index (χ1) is 18.3. The highest BCUT2D eigenvalue weighted by molar-refractivity contribution is 7.07. The molecule has 38 heavy (non-hydrogen) atoms. The van der Waals surface area contributed by atoms with Crippen molar-refractivity contribution in [3.63, 3.8) is 0 Å². The second-order valence-corrected chi connectivity index (χ2v) is 9.26. The molecule has 0 aliphatic carbocycles. The Morgan fingerprint density at radius 2 is 1.84 bits per heavy atom. The van der Waals surface area contributed by atoms with Crippen LogP contribution in [0.1, 0.15) is 31.0 Å². The van der Waals surface area contributed by atoms with Gasteiger partial charge in [0.15, 0.2) is 16.3 Å². The number of hydrogen-bond acceptors (Lipinski definition) is 9. The Balaban J connectivity index is 1.87. The van der Waals surface area contributed by atoms with Crippen LogP contribution in [0, 0.1) is 0 Å². The van der Waals surface area contributed by atoms with E-state index >= 15 is 0 Å². The van der Waals surface area contributed by atoms with Crippen molar-refractivity contribution in [1.82, 2.24) is 4.57 Å². The quantitative estimate of drug-likeness (QED) is 0.249. The molecule has 0 saturated heterocycles. The van der Waals surface area contributed by atoms with Gasteiger partial charge in [-0.2, -0.15) is 0 Å². The molecule has 3 aromatic rings. The van der Waals surface area contributed by atoms with Gasteiger partial charge in [-0.3, -0.25) is 14.2 Å². The molecule has 0 saturated carbocycles. The molecule has 2 heterocycles. The number of ether oxygens (including phenoxy) is 4. The summed E-state index contributed by atoms with van der Waals surface area (Å²) in [5, 5.41) is 0. The van der Waals surface area contributed by atoms with Gasteiger partial charge in [0.2, 0.25) is 0 Å². The average Bonchev–Trinajstić information content (AvgIpc) is 3.21. The number of methoxy groups -OCH3 is 2. The molecule has 1 atom stereocenters. The lowest BCUT2D eigenvalue weighted by Gasteiger charge is -2.24. The van der Waals surface area contributed by atoms with Crippen molar-refractivity contribution in [2.45, 2.75) is 19.9 Å². The minimum atomic E-state index is -0.752. The van der Waals surface area contributed by atoms with Crippen molar-refractivity contribution >= 4 is 29.4 Å². The molecule has 1 aliphatic rings. The van der Waals surface area contributed by atoms with Gasteiger partial charge in [-0.05, 0) is 48.4 Å². The molecule has 0 N–H and O–H groups in total. The molecule has 2 aromatic carbocycles. The van der Waals surface area contributed by atoms with Crippen LogP contribution in [0.3, 0.4) is 0 Å². The lowest BCUT2D eigenvalue weighted by Crippen LogP contribution is -2.39. The Bertz CT molecular complexity index is 1610. The molecule has 10 heteroatoms. The van der Waals surface area contributed by atoms with E-state index in [-0.39, 0.29) is 23.5 Å². The predicted octanol–water partition coefficient (Wildman–Crippen LogP) is 2.91. The number of rotatable bonds is 8. The molecule has 0 radical (unpaired) electrons. The number of benzene rings is 2. The molecule has 4 rings (SSSR count). The summed E-state index contributed by atoms with van der Waals surface area (Å²) in [5.74, 6) is 0.217. The van der Waals surface area contributed by atoms with Crippen molar-refractivity contribution in [2.24, 2.45) is 4.99 Å². The summed E-state index contributed by atoms with van der Waals surface area (Å²) in [7, 11) is 3.03. The van der Waals surface area contributed by atoms with Gasteiger partial charge < -0.3 is 18.9 Å². The van der Waals surface area contributed by atoms with Crippen LogP contribution < -0.4 is 29.1 Å². The SMILES string of the molecule is C=CCOC(=O)C1=C(C)N=c2s/c(=C\c3ccc(OC(C)=O)c(OC)c3)c(=O)n2[C@H]1c1ccc(OC)cc1. The highest BCUT2D eigenvalue weighted by Crippen LogP contribution is 2.32. The van der Waals surface area contributed by atoms with Crippen LogP contribution in [0.25, 0.3) is 6.08 Å². The molecule has 1 aliphatic heterocycles. The van der Waals surface area contributed by atoms with E-state index in [0.717, 1.165) is 0 Å². The zero-order valence-electron chi connectivity index (χ0n) is 21.3. The van der Waals surface area contributed by atoms with E-state index in [9.17, 15) is 14.4 Å². The van der Waals surface area contributed by atoms with Gasteiger partial charge in [0.25, 0.3) is 5.56 Å². The van der Waals surface area contributed by atoms with Gasteiger partial charge in [0.05, 0.1) is 36.1 Å². The summed E-state index contributed by atoms with van der Waals surface area (Å²) < 4.78 is 23.0. The van der Waals surface area contributed by atoms with Crippen LogP contribution in [-0.2, 0) is 14.3 Å². The summed E-state index contributed by atoms with van der Waals surface area (Å²) in [4.78, 5) is 43.2. The summed E-state index contributed by atoms with van der Waals surface area (Å²) >= 11 is 1.20. The molecule has 0 fully saturated rings. The molecule has 0 spiro atoms. The topological polar surface area (TPSA) is 105 Å². The Morgan fingerprint density at radius 3 is 2.47 bits per heavy atom. The highest BCUT2D eigenvalue weighted by Gasteiger charge is 2.33. The normalized spacial score (nSPS) is 14.8. The van der Waals surface area contributed by atoms with E-state index in [2.05, 4.69) is 11.6 Å². The largest absolute Gasteiger partial charge is 0.497 e. The first-order valence-electron chi connectivity index (χ1n) is 11.6. The smallest absolute Gasteiger partial charge is 0.338 e. The fraction of sp³-hybridized carbons (Fsp3) is 0.214. The molecular formula is C28H26N2O7S. The van der Waals surface area contributed by atoms with E-state index in [0.29, 0.717) is 37.7 Å². The molecular weight excluding hydrogens is 508 g/mol. The summed E-state index contributed by atoms with van der Waals surface area (Å²) in [6, 6.07) is 11.4. The molecule has 9 nitrogen and oxygen atoms in total. The summed E-state index contributed by atoms with van der Waals surface area (Å²) in [6.45, 7) is 6.65. The first kappa shape index (κ1) is 26.6. The number of nitrogens with zero attached hydrogens (tertiary/aromatic N) is 2. The Hall–Kier alpha value is -4.44. The minimum Gasteiger partial charge on any atom is -0.497 e. The third kappa shape index (κ3) is 5.30. The Morgan fingerprint density at radius 1 is 1.11 bits per heavy atom. The second kappa shape index (κ2) is 11.3. The maximum absolute atomic E-state index is 13.7. The standard InChI is InChI=1S/C28H26N2O7S/c1-6-13-36-27(33)24-16(2)29-28-30(25(24)19-8-10-20(34-4)11-9-19)26(32)23(38-28)15-18-7-12-21(37-17(3)31)22(14-18)35-5/h6-12,14-15,25H,1,13H2,2-5H3/b23-15-/t25-/m0/s1. The van der Waals surface area contributed by atoms with Gasteiger partial charge in [0, 0.05) is 6.92 Å². The summed E-state index contributed by atoms with van der Waals surface area (Å²) in [6.07, 6.45) is 3.18. The van der Waals surface area contributed by atoms with E-state index < -0.39 is 18.0 Å². The zero-order valence-corrected chi connectivity index (χ0v) is 22.2. The van der Waals surface area contributed by atoms with Crippen molar-refractivity contribution in [1.29, 1.82) is 0 Å². The maximum Gasteiger partial charge on any atom is 0.338 e. The molecule has 0 bridgehead atoms. The van der Waals surface area contributed by atoms with E-state index in [1.165, 1.54) is 36.0 Å². The number of hydrogen-bond donors (Lipinski definition) is 0. The summed E-state index contributed by atoms with van der Waals surface area (Å²) in [5.41, 5.74) is 1.76. The van der Waals surface area contributed by atoms with Gasteiger partial charge in [-0.15, -0.1) is 0 Å². The van der Waals surface area contributed by atoms with Gasteiger partial charge in [-0.1, -0.05) is 42.2 Å². The molecule has 1 aromatic heterocycles. The number of allylic oxidation sites excluding steroid dienone is 1. The van der Waals surface area contributed by atoms with Crippen LogP contribution in [0.5, 0.6) is 17.2 Å². The van der Waals surface area contributed by atoms with Crippen molar-refractivity contribution in [3.8, 4) is 17.2 Å². The number of thiazole rings is 1. The lowest BCUT2D eigenvalue weighted by molar-refractivity contribution is -0.138. The van der Waals surface area contributed by atoms with E-state index in [1.807, 2.05) is 0 Å². The third-order valence-corrected chi connectivity index (χ3v) is 6.73. The fourth-order valence-electron chi connectivity index (χ4n) is 4.06. The Labute approximate surface area is 222 Å². The second-order valence-electron chi connectivity index (χ2n) is 8.25. The van der Waals surface area contributed by atoms with Gasteiger partial charge in [0.1, 0.15) is 12.4 Å². The van der Waals surface area contributed by atoms with Crippen LogP contribution in [0.15, 0.2) is 76.2 Å². The van der Waals surface area contributed by atoms with Crippen LogP contribution in [-0.4, -0.2) is 37.3 Å². The van der Waals surface area contributed by atoms with Gasteiger partial charge >= 0.3 is 11.9 Å². The third-order valence-electron chi connectivity index (χ3n) is 5.74. The number of carbonyl (C=O) groups is 2. The first-order valence-corrected chi connectivity index (χ1v) is 12.4. The van der Waals surface area contributed by atoms with Crippen molar-refractivity contribution in [2.75, 3.05) is 20.8 Å². The molecule has 196 valence electrons. The minimum absolute atomic E-state index is 0.0283. The molecule has 0 unspecified atom stereocenters. The van der Waals surface area contributed by atoms with E-state index in [4.69, 9.17) is 18.9 Å². The average molecular weight is 535 g/mol. The van der Waals surface area contributed by atoms with Crippen LogP contribution in [0.4, 0.5) is 0 Å². The van der Waals surface area contributed by atoms with Crippen LogP contribution >= 0.6 is 11.3 Å². The maximum atomic E-state index is 13.7. The van der Waals surface area contributed by atoms with Crippen LogP contribution in [0.2, 0.25) is 0 Å². The number of carbonyl (C=O) groups excluding carboxylic acids is 2. The monoisotopic (exact) mass is 534 g/mol. The number of aromatic nitrogens is 1. The zero-order chi connectivity index (χ0) is 27.4. The van der Waals surface area contributed by atoms with Crippen molar-refractivity contribution in [3.05, 3.63) is 97.2 Å². The van der Waals surface area contributed by atoms with Crippen molar-refractivity contribution < 1.29 is 28.5 Å². The van der Waals surface area contributed by atoms with Gasteiger partial charge in [-0.25, -0.2) is 9.79 Å². The fourth-order valence-corrected chi connectivity index (χ4v) is 5.11. The number of fused-ring (bicyclic) bond motifs is 1. The number of esters is 2. The lowest BCUT2D eigenvalue weighted by atomic mass is 9.96. The highest BCUT2D eigenvalue weighted by atomic mass is 32.1. The molecule has 0 amide bonds.